The van der Waals surface area contributed by atoms with Crippen LogP contribution < -0.4 is 0 Å². The maximum atomic E-state index is 12.3. The highest BCUT2D eigenvalue weighted by Gasteiger charge is 2.18. The molecule has 0 unspecified atom stereocenters. The van der Waals surface area contributed by atoms with E-state index in [0.29, 0.717) is 0 Å². The van der Waals surface area contributed by atoms with E-state index in [1.807, 2.05) is 55.5 Å². The first-order valence-corrected chi connectivity index (χ1v) is 8.05. The fraction of sp³-hybridized carbons (Fsp3) is 0.125. The molecule has 0 saturated carbocycles. The van der Waals surface area contributed by atoms with Gasteiger partial charge in [0.15, 0.2) is 10.1 Å². The summed E-state index contributed by atoms with van der Waals surface area (Å²) in [6.45, 7) is 1.94. The van der Waals surface area contributed by atoms with E-state index in [1.165, 1.54) is 11.8 Å². The van der Waals surface area contributed by atoms with Crippen molar-refractivity contribution in [3.63, 3.8) is 0 Å². The Kier molecular flexibility index (Phi) is 3.85. The summed E-state index contributed by atoms with van der Waals surface area (Å²) >= 11 is 3.17. The number of hydrogen-bond acceptors (Lipinski definition) is 4. The second-order valence-corrected chi connectivity index (χ2v) is 7.06. The summed E-state index contributed by atoms with van der Waals surface area (Å²) in [5.74, 6) is 0.148. The van der Waals surface area contributed by atoms with Crippen molar-refractivity contribution in [2.45, 2.75) is 16.5 Å². The molecule has 0 N–H and O–H groups in total. The number of para-hydroxylation sites is 1. The Morgan fingerprint density at radius 2 is 1.80 bits per heavy atom. The van der Waals surface area contributed by atoms with Gasteiger partial charge in [-0.3, -0.25) is 4.79 Å². The molecule has 0 aliphatic rings. The molecule has 1 aromatic heterocycles. The molecule has 0 spiro atoms. The molecule has 3 rings (SSSR count). The quantitative estimate of drug-likeness (QED) is 0.518. The highest BCUT2D eigenvalue weighted by atomic mass is 32.2. The first-order valence-electron chi connectivity index (χ1n) is 6.35. The standard InChI is InChI=1S/C16H13NOS2/c1-11(15(18)12-7-3-2-4-8-12)19-16-17-13-9-5-6-10-14(13)20-16/h2-11H,1H3/t11-/m1/s1. The van der Waals surface area contributed by atoms with Gasteiger partial charge in [-0.25, -0.2) is 4.98 Å². The molecule has 0 amide bonds. The molecule has 1 heterocycles. The van der Waals surface area contributed by atoms with Crippen molar-refractivity contribution in [3.8, 4) is 0 Å². The zero-order valence-electron chi connectivity index (χ0n) is 10.9. The largest absolute Gasteiger partial charge is 0.293 e. The third kappa shape index (κ3) is 2.76. The van der Waals surface area contributed by atoms with Crippen LogP contribution >= 0.6 is 23.1 Å². The van der Waals surface area contributed by atoms with Gasteiger partial charge in [0.1, 0.15) is 0 Å². The molecule has 3 aromatic rings. The summed E-state index contributed by atoms with van der Waals surface area (Å²) in [6, 6.07) is 17.5. The molecule has 0 aliphatic heterocycles. The third-order valence-corrected chi connectivity index (χ3v) is 5.21. The minimum absolute atomic E-state index is 0.127. The highest BCUT2D eigenvalue weighted by Crippen LogP contribution is 2.32. The summed E-state index contributed by atoms with van der Waals surface area (Å²) in [7, 11) is 0. The van der Waals surface area contributed by atoms with Crippen molar-refractivity contribution in [2.24, 2.45) is 0 Å². The topological polar surface area (TPSA) is 30.0 Å². The minimum atomic E-state index is -0.127. The zero-order valence-corrected chi connectivity index (χ0v) is 12.6. The van der Waals surface area contributed by atoms with E-state index in [2.05, 4.69) is 11.1 Å². The van der Waals surface area contributed by atoms with E-state index in [0.717, 1.165) is 20.1 Å². The first-order chi connectivity index (χ1) is 9.74. The number of nitrogens with zero attached hydrogens (tertiary/aromatic N) is 1. The number of hydrogen-bond donors (Lipinski definition) is 0. The van der Waals surface area contributed by atoms with Gasteiger partial charge in [0.05, 0.1) is 15.5 Å². The maximum Gasteiger partial charge on any atom is 0.175 e. The van der Waals surface area contributed by atoms with Crippen molar-refractivity contribution in [1.29, 1.82) is 0 Å². The molecular formula is C16H13NOS2. The van der Waals surface area contributed by atoms with Crippen molar-refractivity contribution < 1.29 is 4.79 Å². The van der Waals surface area contributed by atoms with Crippen molar-refractivity contribution in [2.75, 3.05) is 0 Å². The van der Waals surface area contributed by atoms with Crippen LogP contribution in [0.3, 0.4) is 0 Å². The van der Waals surface area contributed by atoms with Gasteiger partial charge in [0, 0.05) is 5.56 Å². The van der Waals surface area contributed by atoms with E-state index in [-0.39, 0.29) is 11.0 Å². The smallest absolute Gasteiger partial charge is 0.175 e. The number of benzene rings is 2. The Balaban J connectivity index is 1.78. The van der Waals surface area contributed by atoms with Crippen molar-refractivity contribution in [1.82, 2.24) is 4.98 Å². The number of aromatic nitrogens is 1. The zero-order chi connectivity index (χ0) is 13.9. The van der Waals surface area contributed by atoms with Gasteiger partial charge < -0.3 is 0 Å². The molecule has 2 nitrogen and oxygen atoms in total. The van der Waals surface area contributed by atoms with E-state index in [9.17, 15) is 4.79 Å². The lowest BCUT2D eigenvalue weighted by Crippen LogP contribution is -2.13. The van der Waals surface area contributed by atoms with Crippen LogP contribution in [0.5, 0.6) is 0 Å². The van der Waals surface area contributed by atoms with E-state index >= 15 is 0 Å². The summed E-state index contributed by atoms with van der Waals surface area (Å²) in [6.07, 6.45) is 0. The van der Waals surface area contributed by atoms with E-state index < -0.39 is 0 Å². The molecule has 1 atom stereocenters. The molecule has 4 heteroatoms. The second kappa shape index (κ2) is 5.77. The lowest BCUT2D eigenvalue weighted by atomic mass is 10.1. The number of carbonyl (C=O) groups is 1. The number of carbonyl (C=O) groups excluding carboxylic acids is 1. The average molecular weight is 299 g/mol. The summed E-state index contributed by atoms with van der Waals surface area (Å²) in [5, 5.41) is -0.127. The van der Waals surface area contributed by atoms with Gasteiger partial charge >= 0.3 is 0 Å². The fourth-order valence-corrected chi connectivity index (χ4v) is 4.23. The molecule has 0 aliphatic carbocycles. The Bertz CT molecular complexity index is 703. The van der Waals surface area contributed by atoms with Gasteiger partial charge in [-0.15, -0.1) is 11.3 Å². The monoisotopic (exact) mass is 299 g/mol. The van der Waals surface area contributed by atoms with Gasteiger partial charge in [0.2, 0.25) is 0 Å². The molecule has 0 bridgehead atoms. The second-order valence-electron chi connectivity index (χ2n) is 4.44. The summed E-state index contributed by atoms with van der Waals surface area (Å²) in [4.78, 5) is 16.9. The minimum Gasteiger partial charge on any atom is -0.293 e. The van der Waals surface area contributed by atoms with Crippen LogP contribution in [-0.4, -0.2) is 16.0 Å². The number of Topliss-reactive ketones (excluding diaryl/α,β-unsaturated/α-hetero) is 1. The molecule has 2 aromatic carbocycles. The SMILES string of the molecule is C[C@@H](Sc1nc2ccccc2s1)C(=O)c1ccccc1. The van der Waals surface area contributed by atoms with Crippen LogP contribution in [0.4, 0.5) is 0 Å². The lowest BCUT2D eigenvalue weighted by molar-refractivity contribution is 0.0994. The van der Waals surface area contributed by atoms with Gasteiger partial charge in [0.25, 0.3) is 0 Å². The number of thiazole rings is 1. The molecule has 0 radical (unpaired) electrons. The third-order valence-electron chi connectivity index (χ3n) is 2.98. The Morgan fingerprint density at radius 3 is 2.55 bits per heavy atom. The van der Waals surface area contributed by atoms with E-state index in [1.54, 1.807) is 11.3 Å². The van der Waals surface area contributed by atoms with Crippen LogP contribution in [0.2, 0.25) is 0 Å². The van der Waals surface area contributed by atoms with Crippen molar-refractivity contribution in [3.05, 3.63) is 60.2 Å². The predicted octanol–water partition coefficient (Wildman–Crippen LogP) is 4.66. The predicted molar refractivity (Wildman–Crippen MR) is 85.7 cm³/mol. The van der Waals surface area contributed by atoms with Crippen LogP contribution in [-0.2, 0) is 0 Å². The van der Waals surface area contributed by atoms with E-state index in [4.69, 9.17) is 0 Å². The Hall–Kier alpha value is -1.65. The van der Waals surface area contributed by atoms with Crippen LogP contribution in [0.25, 0.3) is 10.2 Å². The average Bonchev–Trinajstić information content (AvgIpc) is 2.89. The molecule has 0 fully saturated rings. The molecular weight excluding hydrogens is 286 g/mol. The number of fused-ring (bicyclic) bond motifs is 1. The van der Waals surface area contributed by atoms with Crippen LogP contribution in [0.1, 0.15) is 17.3 Å². The first kappa shape index (κ1) is 13.3. The normalized spacial score (nSPS) is 12.4. The van der Waals surface area contributed by atoms with Gasteiger partial charge in [-0.05, 0) is 19.1 Å². The fourth-order valence-electron chi connectivity index (χ4n) is 1.94. The van der Waals surface area contributed by atoms with Crippen LogP contribution in [0, 0.1) is 0 Å². The van der Waals surface area contributed by atoms with Crippen LogP contribution in [0.15, 0.2) is 58.9 Å². The maximum absolute atomic E-state index is 12.3. The van der Waals surface area contributed by atoms with Gasteiger partial charge in [-0.1, -0.05) is 54.2 Å². The lowest BCUT2D eigenvalue weighted by Gasteiger charge is -2.07. The molecule has 20 heavy (non-hydrogen) atoms. The Morgan fingerprint density at radius 1 is 1.10 bits per heavy atom. The number of thioether (sulfide) groups is 1. The Labute approximate surface area is 125 Å². The number of ketones is 1. The van der Waals surface area contributed by atoms with Gasteiger partial charge in [-0.2, -0.15) is 0 Å². The molecule has 100 valence electrons. The number of rotatable bonds is 4. The molecule has 0 saturated heterocycles. The highest BCUT2D eigenvalue weighted by molar-refractivity contribution is 8.02. The summed E-state index contributed by atoms with van der Waals surface area (Å²) in [5.41, 5.74) is 1.76. The van der Waals surface area contributed by atoms with Crippen molar-refractivity contribution >= 4 is 39.1 Å². The summed E-state index contributed by atoms with van der Waals surface area (Å²) < 4.78 is 2.11.